The van der Waals surface area contributed by atoms with Crippen LogP contribution in [0.5, 0.6) is 5.75 Å². The van der Waals surface area contributed by atoms with Gasteiger partial charge < -0.3 is 15.0 Å². The van der Waals surface area contributed by atoms with Crippen molar-refractivity contribution in [2.24, 2.45) is 0 Å². The molecule has 0 radical (unpaired) electrons. The summed E-state index contributed by atoms with van der Waals surface area (Å²) in [5, 5.41) is 3.35. The molecule has 1 aromatic carbocycles. The molecule has 1 aliphatic heterocycles. The fraction of sp³-hybridized carbons (Fsp3) is 0.571. The molecule has 0 unspecified atom stereocenters. The fourth-order valence-corrected chi connectivity index (χ4v) is 2.83. The quantitative estimate of drug-likeness (QED) is 0.817. The third-order valence-electron chi connectivity index (χ3n) is 3.19. The van der Waals surface area contributed by atoms with Gasteiger partial charge in [0.2, 0.25) is 0 Å². The molecule has 1 heterocycles. The van der Waals surface area contributed by atoms with Crippen molar-refractivity contribution in [2.75, 3.05) is 33.3 Å². The first kappa shape index (κ1) is 13.8. The van der Waals surface area contributed by atoms with E-state index in [1.54, 1.807) is 0 Å². The van der Waals surface area contributed by atoms with Gasteiger partial charge in [0, 0.05) is 36.1 Å². The maximum absolute atomic E-state index is 5.75. The Kier molecular flexibility index (Phi) is 5.03. The minimum atomic E-state index is 0.819. The van der Waals surface area contributed by atoms with E-state index >= 15 is 0 Å². The third-order valence-corrected chi connectivity index (χ3v) is 3.64. The second-order valence-corrected chi connectivity index (χ2v) is 5.66. The molecular formula is C14H21BrN2O. The Labute approximate surface area is 118 Å². The van der Waals surface area contributed by atoms with Crippen LogP contribution in [0.4, 0.5) is 0 Å². The number of hydrogen-bond acceptors (Lipinski definition) is 3. The topological polar surface area (TPSA) is 24.5 Å². The number of halogens is 1. The lowest BCUT2D eigenvalue weighted by atomic mass is 10.1. The Bertz CT molecular complexity index is 409. The van der Waals surface area contributed by atoms with Crippen molar-refractivity contribution >= 4 is 15.9 Å². The van der Waals surface area contributed by atoms with Gasteiger partial charge in [-0.1, -0.05) is 22.9 Å². The van der Waals surface area contributed by atoms with Crippen LogP contribution in [-0.2, 0) is 13.0 Å². The molecule has 3 nitrogen and oxygen atoms in total. The zero-order chi connectivity index (χ0) is 13.0. The highest BCUT2D eigenvalue weighted by molar-refractivity contribution is 9.10. The molecule has 0 aromatic heterocycles. The summed E-state index contributed by atoms with van der Waals surface area (Å²) in [4.78, 5) is 2.33. The molecule has 0 amide bonds. The van der Waals surface area contributed by atoms with Crippen LogP contribution in [0.1, 0.15) is 18.1 Å². The molecule has 18 heavy (non-hydrogen) atoms. The summed E-state index contributed by atoms with van der Waals surface area (Å²) in [6.07, 6.45) is 1.03. The largest absolute Gasteiger partial charge is 0.493 e. The number of hydrogen-bond donors (Lipinski definition) is 1. The molecule has 0 spiro atoms. The molecule has 1 N–H and O–H groups in total. The SMILES string of the molecule is CCNCCN(C)Cc1cc(Br)cc2c1OCC2. The standard InChI is InChI=1S/C14H21BrN2O/c1-3-16-5-6-17(2)10-12-9-13(15)8-11-4-7-18-14(11)12/h8-9,16H,3-7,10H2,1-2H3. The summed E-state index contributed by atoms with van der Waals surface area (Å²) >= 11 is 3.58. The smallest absolute Gasteiger partial charge is 0.127 e. The molecule has 1 aromatic rings. The second-order valence-electron chi connectivity index (χ2n) is 4.74. The van der Waals surface area contributed by atoms with E-state index in [9.17, 15) is 0 Å². The van der Waals surface area contributed by atoms with E-state index in [-0.39, 0.29) is 0 Å². The Morgan fingerprint density at radius 2 is 2.28 bits per heavy atom. The van der Waals surface area contributed by atoms with Gasteiger partial charge in [0.25, 0.3) is 0 Å². The van der Waals surface area contributed by atoms with Crippen LogP contribution in [0.2, 0.25) is 0 Å². The molecule has 0 saturated carbocycles. The number of fused-ring (bicyclic) bond motifs is 1. The summed E-state index contributed by atoms with van der Waals surface area (Å²) in [7, 11) is 2.15. The zero-order valence-corrected chi connectivity index (χ0v) is 12.7. The number of benzene rings is 1. The van der Waals surface area contributed by atoms with E-state index in [1.807, 2.05) is 0 Å². The lowest BCUT2D eigenvalue weighted by Crippen LogP contribution is -2.28. The maximum atomic E-state index is 5.75. The van der Waals surface area contributed by atoms with Crippen LogP contribution in [0.15, 0.2) is 16.6 Å². The molecule has 0 atom stereocenters. The lowest BCUT2D eigenvalue weighted by molar-refractivity contribution is 0.309. The van der Waals surface area contributed by atoms with Crippen molar-refractivity contribution in [1.29, 1.82) is 0 Å². The molecule has 0 fully saturated rings. The highest BCUT2D eigenvalue weighted by atomic mass is 79.9. The van der Waals surface area contributed by atoms with Gasteiger partial charge in [0.1, 0.15) is 5.75 Å². The lowest BCUT2D eigenvalue weighted by Gasteiger charge is -2.18. The van der Waals surface area contributed by atoms with Crippen molar-refractivity contribution < 1.29 is 4.74 Å². The molecule has 100 valence electrons. The van der Waals surface area contributed by atoms with Gasteiger partial charge in [-0.05, 0) is 31.3 Å². The normalized spacial score (nSPS) is 13.8. The first-order valence-corrected chi connectivity index (χ1v) is 7.33. The van der Waals surface area contributed by atoms with Crippen LogP contribution >= 0.6 is 15.9 Å². The first-order chi connectivity index (χ1) is 8.70. The summed E-state index contributed by atoms with van der Waals surface area (Å²) in [5.41, 5.74) is 2.62. The Morgan fingerprint density at radius 3 is 3.06 bits per heavy atom. The van der Waals surface area contributed by atoms with Crippen molar-refractivity contribution in [3.05, 3.63) is 27.7 Å². The summed E-state index contributed by atoms with van der Waals surface area (Å²) < 4.78 is 6.90. The van der Waals surface area contributed by atoms with Gasteiger partial charge in [-0.2, -0.15) is 0 Å². The monoisotopic (exact) mass is 312 g/mol. The van der Waals surface area contributed by atoms with Crippen molar-refractivity contribution in [1.82, 2.24) is 10.2 Å². The number of ether oxygens (including phenoxy) is 1. The van der Waals surface area contributed by atoms with Gasteiger partial charge in [0.15, 0.2) is 0 Å². The molecule has 1 aliphatic rings. The third kappa shape index (κ3) is 3.46. The average molecular weight is 313 g/mol. The number of nitrogens with zero attached hydrogens (tertiary/aromatic N) is 1. The predicted molar refractivity (Wildman–Crippen MR) is 78.2 cm³/mol. The minimum absolute atomic E-state index is 0.819. The van der Waals surface area contributed by atoms with Gasteiger partial charge in [-0.15, -0.1) is 0 Å². The Morgan fingerprint density at radius 1 is 1.44 bits per heavy atom. The molecular weight excluding hydrogens is 292 g/mol. The van der Waals surface area contributed by atoms with Gasteiger partial charge in [-0.3, -0.25) is 0 Å². The molecule has 0 bridgehead atoms. The minimum Gasteiger partial charge on any atom is -0.493 e. The van der Waals surface area contributed by atoms with E-state index in [2.05, 4.69) is 52.3 Å². The average Bonchev–Trinajstić information content (AvgIpc) is 2.77. The Hall–Kier alpha value is -0.580. The fourth-order valence-electron chi connectivity index (χ4n) is 2.28. The number of nitrogens with one attached hydrogen (secondary N) is 1. The van der Waals surface area contributed by atoms with E-state index in [0.717, 1.165) is 49.4 Å². The van der Waals surface area contributed by atoms with Crippen molar-refractivity contribution in [3.8, 4) is 5.75 Å². The van der Waals surface area contributed by atoms with Crippen LogP contribution in [0, 0.1) is 0 Å². The highest BCUT2D eigenvalue weighted by Crippen LogP contribution is 2.33. The molecule has 0 saturated heterocycles. The summed E-state index contributed by atoms with van der Waals surface area (Å²) in [6, 6.07) is 4.35. The molecule has 2 rings (SSSR count). The Balaban J connectivity index is 2.00. The summed E-state index contributed by atoms with van der Waals surface area (Å²) in [5.74, 6) is 1.11. The van der Waals surface area contributed by atoms with Crippen LogP contribution in [0.25, 0.3) is 0 Å². The second kappa shape index (κ2) is 6.55. The van der Waals surface area contributed by atoms with E-state index < -0.39 is 0 Å². The van der Waals surface area contributed by atoms with Crippen molar-refractivity contribution in [3.63, 3.8) is 0 Å². The molecule has 0 aliphatic carbocycles. The van der Waals surface area contributed by atoms with Crippen LogP contribution in [-0.4, -0.2) is 38.2 Å². The highest BCUT2D eigenvalue weighted by Gasteiger charge is 2.18. The van der Waals surface area contributed by atoms with Gasteiger partial charge in [0.05, 0.1) is 6.61 Å². The zero-order valence-electron chi connectivity index (χ0n) is 11.1. The van der Waals surface area contributed by atoms with Crippen LogP contribution < -0.4 is 10.1 Å². The van der Waals surface area contributed by atoms with E-state index in [1.165, 1.54) is 11.1 Å². The van der Waals surface area contributed by atoms with Gasteiger partial charge >= 0.3 is 0 Å². The van der Waals surface area contributed by atoms with Crippen LogP contribution in [0.3, 0.4) is 0 Å². The number of likely N-dealkylation sites (N-methyl/N-ethyl adjacent to an activating group) is 2. The van der Waals surface area contributed by atoms with Gasteiger partial charge in [-0.25, -0.2) is 0 Å². The number of rotatable bonds is 6. The van der Waals surface area contributed by atoms with Crippen molar-refractivity contribution in [2.45, 2.75) is 19.9 Å². The van der Waals surface area contributed by atoms with E-state index in [0.29, 0.717) is 0 Å². The first-order valence-electron chi connectivity index (χ1n) is 6.54. The molecule has 4 heteroatoms. The summed E-state index contributed by atoms with van der Waals surface area (Å²) in [6.45, 7) is 7.00. The predicted octanol–water partition coefficient (Wildman–Crippen LogP) is 2.43. The maximum Gasteiger partial charge on any atom is 0.127 e. The van der Waals surface area contributed by atoms with E-state index in [4.69, 9.17) is 4.74 Å².